The smallest absolute Gasteiger partial charge is 0.317 e. The van der Waals surface area contributed by atoms with Crippen molar-refractivity contribution in [2.24, 2.45) is 58.1 Å². The summed E-state index contributed by atoms with van der Waals surface area (Å²) in [5, 5.41) is 136. The molecule has 464 valence electrons. The summed E-state index contributed by atoms with van der Waals surface area (Å²) >= 11 is 0. The third-order valence-electron chi connectivity index (χ3n) is 16.7. The Bertz CT molecular complexity index is 1910. The van der Waals surface area contributed by atoms with Gasteiger partial charge in [-0.2, -0.15) is 0 Å². The molecule has 0 radical (unpaired) electrons. The Balaban J connectivity index is 2.40. The Labute approximate surface area is 475 Å². The molecule has 1 fully saturated rings. The minimum absolute atomic E-state index is 0.0796. The number of carbonyl (C=O) groups is 3. The summed E-state index contributed by atoms with van der Waals surface area (Å²) in [5.41, 5.74) is 5.68. The molecule has 0 aromatic heterocycles. The fraction of sp³-hybridized carbons (Fsp3) is 0.831. The van der Waals surface area contributed by atoms with Gasteiger partial charge in [0, 0.05) is 63.5 Å². The number of nitrogens with two attached hydrogens (primary N) is 1. The molecule has 0 spiro atoms. The Morgan fingerprint density at radius 2 is 1.43 bits per heavy atom. The van der Waals surface area contributed by atoms with Crippen LogP contribution in [0.3, 0.4) is 0 Å². The number of esters is 2. The molecule has 22 atom stereocenters. The van der Waals surface area contributed by atoms with Gasteiger partial charge >= 0.3 is 17.9 Å². The fourth-order valence-electron chi connectivity index (χ4n) is 10.7. The lowest BCUT2D eigenvalue weighted by Crippen LogP contribution is -2.60. The van der Waals surface area contributed by atoms with Gasteiger partial charge in [0.2, 0.25) is 0 Å². The monoisotopic (exact) mass is 1140 g/mol. The Kier molecular flexibility index (Phi) is 33.4. The predicted molar refractivity (Wildman–Crippen MR) is 302 cm³/mol. The molecule has 0 saturated carbocycles. The summed E-state index contributed by atoms with van der Waals surface area (Å²) in [7, 11) is 1.63. The fourth-order valence-corrected chi connectivity index (χ4v) is 10.7. The number of guanidine groups is 1. The number of rotatable bonds is 14. The van der Waals surface area contributed by atoms with Crippen molar-refractivity contribution < 1.29 is 89.9 Å². The molecule has 0 amide bonds. The molecular weight excluding hydrogens is 1040 g/mol. The Morgan fingerprint density at radius 1 is 0.787 bits per heavy atom. The molecule has 2 aliphatic heterocycles. The number of cyclic esters (lactones) is 1. The maximum absolute atomic E-state index is 13.8. The van der Waals surface area contributed by atoms with Crippen LogP contribution in [0.5, 0.6) is 0 Å². The highest BCUT2D eigenvalue weighted by Gasteiger charge is 2.50. The van der Waals surface area contributed by atoms with Gasteiger partial charge in [-0.25, -0.2) is 0 Å². The van der Waals surface area contributed by atoms with Crippen molar-refractivity contribution in [3.63, 3.8) is 0 Å². The largest absolute Gasteiger partial charge is 0.481 e. The second-order valence-electron chi connectivity index (χ2n) is 23.7. The van der Waals surface area contributed by atoms with Crippen LogP contribution in [0.1, 0.15) is 165 Å². The predicted octanol–water partition coefficient (Wildman–Crippen LogP) is 3.53. The number of ether oxygens (including phenoxy) is 3. The number of unbranched alkanes of at least 4 members (excludes halogenated alkanes) is 2. The second kappa shape index (κ2) is 36.9. The SMILES string of the molecule is CN=C(N)NCCC/C=C/CCCC(C)CC(C)C1C/C=C\C=C/C(O)C(C)C(O)CC(O)CC(OC(=O)CC(=O)O)CC2CC(O)C(O)C(O)(CC(O)C(C)CCC(O)C(C)C(O)C(C)C(O)C(C)CCC(O)C(C)C(=O)O1)O2. The molecular formula is C59H105N3O18. The second-order valence-corrected chi connectivity index (χ2v) is 23.7. The van der Waals surface area contributed by atoms with E-state index in [-0.39, 0.29) is 50.9 Å². The van der Waals surface area contributed by atoms with E-state index in [4.69, 9.17) is 19.9 Å². The molecule has 21 heteroatoms. The van der Waals surface area contributed by atoms with Crippen molar-refractivity contribution in [3.8, 4) is 0 Å². The summed E-state index contributed by atoms with van der Waals surface area (Å²) in [5.74, 6) is -9.40. The molecule has 21 nitrogen and oxygen atoms in total. The zero-order chi connectivity index (χ0) is 60.4. The van der Waals surface area contributed by atoms with Crippen molar-refractivity contribution >= 4 is 23.9 Å². The third kappa shape index (κ3) is 25.9. The minimum atomic E-state index is -2.54. The quantitative estimate of drug-likeness (QED) is 0.0295. The van der Waals surface area contributed by atoms with Gasteiger partial charge in [-0.1, -0.05) is 91.3 Å². The molecule has 0 aromatic rings. The van der Waals surface area contributed by atoms with Gasteiger partial charge in [-0.15, -0.1) is 0 Å². The van der Waals surface area contributed by atoms with E-state index in [0.29, 0.717) is 24.7 Å². The highest BCUT2D eigenvalue weighted by molar-refractivity contribution is 5.90. The van der Waals surface area contributed by atoms with Crippen molar-refractivity contribution in [1.29, 1.82) is 0 Å². The van der Waals surface area contributed by atoms with Gasteiger partial charge in [0.1, 0.15) is 24.7 Å². The number of allylic oxidation sites excluding steroid dienone is 4. The van der Waals surface area contributed by atoms with Gasteiger partial charge in [0.05, 0.1) is 67.0 Å². The van der Waals surface area contributed by atoms with E-state index < -0.39 is 151 Å². The van der Waals surface area contributed by atoms with Crippen molar-refractivity contribution in [1.82, 2.24) is 5.32 Å². The van der Waals surface area contributed by atoms with Gasteiger partial charge in [0.25, 0.3) is 0 Å². The van der Waals surface area contributed by atoms with Crippen molar-refractivity contribution in [2.45, 2.75) is 250 Å². The zero-order valence-corrected chi connectivity index (χ0v) is 49.2. The average molecular weight is 1140 g/mol. The molecule has 1 saturated heterocycles. The summed E-state index contributed by atoms with van der Waals surface area (Å²) < 4.78 is 17.5. The van der Waals surface area contributed by atoms with Gasteiger partial charge in [-0.3, -0.25) is 19.4 Å². The van der Waals surface area contributed by atoms with Gasteiger partial charge in [0.15, 0.2) is 11.7 Å². The maximum atomic E-state index is 13.8. The molecule has 22 unspecified atom stereocenters. The van der Waals surface area contributed by atoms with E-state index in [1.54, 1.807) is 66.8 Å². The standard InChI is InChI=1S/C59H105N3O18/c1-34(19-15-12-10-11-13-18-26-62-58(60)61-9)27-37(4)51-21-17-14-16-20-45(64)38(5)48(67)29-42(63)28-43(78-53(72)32-52(70)71)30-44-31-49(68)56(75)59(77,80-44)33-50(69)35(2)22-24-46(65)39(6)55(74)41(8)54(73)36(3)23-25-47(66)40(7)57(76)79-51/h10-11,14,16-17,20,34-51,54-56,63-69,73-75,77H,12-13,15,18-19,21-33H2,1-9H3,(H,70,71)(H3,60,61,62)/b11-10+,17-14-,20-16-. The lowest BCUT2D eigenvalue weighted by Gasteiger charge is -2.45. The number of aliphatic imine (C=N–C) groups is 1. The van der Waals surface area contributed by atoms with Crippen LogP contribution in [0.15, 0.2) is 41.4 Å². The first-order valence-electron chi connectivity index (χ1n) is 29.3. The highest BCUT2D eigenvalue weighted by atomic mass is 16.7. The lowest BCUT2D eigenvalue weighted by atomic mass is 9.79. The minimum Gasteiger partial charge on any atom is -0.481 e. The molecule has 2 aliphatic rings. The Hall–Kier alpha value is -3.58. The van der Waals surface area contributed by atoms with Crippen LogP contribution in [0, 0.1) is 47.3 Å². The maximum Gasteiger partial charge on any atom is 0.317 e. The van der Waals surface area contributed by atoms with E-state index in [1.807, 2.05) is 6.92 Å². The average Bonchev–Trinajstić information content (AvgIpc) is 3.39. The van der Waals surface area contributed by atoms with E-state index >= 15 is 0 Å². The van der Waals surface area contributed by atoms with Crippen LogP contribution in [-0.2, 0) is 28.6 Å². The normalized spacial score (nSPS) is 38.7. The van der Waals surface area contributed by atoms with Crippen LogP contribution < -0.4 is 11.1 Å². The van der Waals surface area contributed by atoms with Crippen molar-refractivity contribution in [3.05, 3.63) is 36.5 Å². The molecule has 0 aromatic carbocycles. The topological polar surface area (TPSA) is 372 Å². The van der Waals surface area contributed by atoms with Crippen LogP contribution in [0.2, 0.25) is 0 Å². The molecule has 0 aliphatic carbocycles. The zero-order valence-electron chi connectivity index (χ0n) is 49.2. The number of hydrogen-bond acceptors (Lipinski definition) is 18. The molecule has 2 rings (SSSR count). The number of hydrogen-bond donors (Lipinski definition) is 14. The summed E-state index contributed by atoms with van der Waals surface area (Å²) in [6, 6.07) is 0. The summed E-state index contributed by atoms with van der Waals surface area (Å²) in [4.78, 5) is 41.7. The van der Waals surface area contributed by atoms with Crippen LogP contribution in [-0.4, -0.2) is 184 Å². The van der Waals surface area contributed by atoms with Crippen LogP contribution >= 0.6 is 0 Å². The summed E-state index contributed by atoms with van der Waals surface area (Å²) in [6.07, 6.45) is -1.81. The number of aliphatic hydroxyl groups is 11. The molecule has 15 N–H and O–H groups in total. The Morgan fingerprint density at radius 3 is 2.08 bits per heavy atom. The van der Waals surface area contributed by atoms with Crippen molar-refractivity contribution in [2.75, 3.05) is 13.6 Å². The number of carboxylic acids is 1. The summed E-state index contributed by atoms with van der Waals surface area (Å²) in [6.45, 7) is 14.8. The highest BCUT2D eigenvalue weighted by Crippen LogP contribution is 2.37. The molecule has 2 heterocycles. The molecule has 2 bridgehead atoms. The van der Waals surface area contributed by atoms with Crippen LogP contribution in [0.4, 0.5) is 0 Å². The first kappa shape index (κ1) is 72.5. The van der Waals surface area contributed by atoms with Crippen LogP contribution in [0.25, 0.3) is 0 Å². The number of nitrogens with one attached hydrogen (secondary N) is 1. The van der Waals surface area contributed by atoms with Gasteiger partial charge < -0.3 is 86.5 Å². The number of nitrogens with zero attached hydrogens (tertiary/aromatic N) is 1. The number of fused-ring (bicyclic) bond motifs is 2. The lowest BCUT2D eigenvalue weighted by molar-refractivity contribution is -0.333. The van der Waals surface area contributed by atoms with E-state index in [1.165, 1.54) is 6.08 Å². The molecule has 80 heavy (non-hydrogen) atoms. The van der Waals surface area contributed by atoms with Gasteiger partial charge in [-0.05, 0) is 94.8 Å². The van der Waals surface area contributed by atoms with E-state index in [9.17, 15) is 75.7 Å². The third-order valence-corrected chi connectivity index (χ3v) is 16.7. The first-order chi connectivity index (χ1) is 37.5. The number of carboxylic acid groups (broad SMARTS) is 1. The van der Waals surface area contributed by atoms with E-state index in [2.05, 4.69) is 29.4 Å². The number of aliphatic carboxylic acids is 1. The number of aliphatic hydroxyl groups excluding tert-OH is 10. The number of carbonyl (C=O) groups excluding carboxylic acids is 2. The van der Waals surface area contributed by atoms with E-state index in [0.717, 1.165) is 45.1 Å². The first-order valence-corrected chi connectivity index (χ1v) is 29.3.